The molecule has 1 rings (SSSR count). The molecular formula is C9H15NO3S. The highest BCUT2D eigenvalue weighted by molar-refractivity contribution is 7.85. The molecule has 0 N–H and O–H groups in total. The van der Waals surface area contributed by atoms with Gasteiger partial charge in [-0.2, -0.15) is 13.7 Å². The maximum Gasteiger partial charge on any atom is 0.264 e. The zero-order valence-electron chi connectivity index (χ0n) is 8.27. The van der Waals surface area contributed by atoms with Crippen LogP contribution in [-0.2, 0) is 14.3 Å². The lowest BCUT2D eigenvalue weighted by molar-refractivity contribution is 0.202. The van der Waals surface area contributed by atoms with Gasteiger partial charge in [0.05, 0.1) is 18.9 Å². The van der Waals surface area contributed by atoms with Gasteiger partial charge in [0.2, 0.25) is 0 Å². The largest absolute Gasteiger partial charge is 0.270 e. The summed E-state index contributed by atoms with van der Waals surface area (Å²) in [5.41, 5.74) is 0. The van der Waals surface area contributed by atoms with Crippen LogP contribution in [0.3, 0.4) is 0 Å². The quantitative estimate of drug-likeness (QED) is 0.668. The minimum atomic E-state index is -3.31. The first-order valence-corrected chi connectivity index (χ1v) is 6.57. The molecule has 0 aromatic heterocycles. The topological polar surface area (TPSA) is 67.2 Å². The van der Waals surface area contributed by atoms with Gasteiger partial charge in [-0.1, -0.05) is 0 Å². The second-order valence-electron chi connectivity index (χ2n) is 3.84. The van der Waals surface area contributed by atoms with E-state index in [0.717, 1.165) is 31.9 Å². The van der Waals surface area contributed by atoms with Crippen LogP contribution in [-0.4, -0.2) is 21.3 Å². The van der Waals surface area contributed by atoms with Crippen LogP contribution in [0.15, 0.2) is 0 Å². The lowest BCUT2D eigenvalue weighted by atomic mass is 9.83. The standard InChI is InChI=1S/C9H15NO3S/c1-14(11,12)13-7-9-4-2-8(6-10)3-5-9/h8-9H,2-5,7H2,1H3/t8-,9-. The molecule has 0 unspecified atom stereocenters. The Labute approximate surface area is 85.0 Å². The van der Waals surface area contributed by atoms with Gasteiger partial charge in [0.15, 0.2) is 0 Å². The molecule has 0 aliphatic heterocycles. The van der Waals surface area contributed by atoms with Gasteiger partial charge in [0.1, 0.15) is 0 Å². The van der Waals surface area contributed by atoms with Crippen molar-refractivity contribution >= 4 is 10.1 Å². The Hall–Kier alpha value is -0.600. The summed E-state index contributed by atoms with van der Waals surface area (Å²) in [5, 5.41) is 8.66. The summed E-state index contributed by atoms with van der Waals surface area (Å²) >= 11 is 0. The Morgan fingerprint density at radius 2 is 1.93 bits per heavy atom. The summed E-state index contributed by atoms with van der Waals surface area (Å²) in [7, 11) is -3.31. The molecular weight excluding hydrogens is 202 g/mol. The molecule has 0 amide bonds. The molecule has 0 saturated heterocycles. The van der Waals surface area contributed by atoms with Gasteiger partial charge in [0.25, 0.3) is 10.1 Å². The Bertz CT molecular complexity index is 309. The van der Waals surface area contributed by atoms with Gasteiger partial charge in [-0.15, -0.1) is 0 Å². The van der Waals surface area contributed by atoms with E-state index in [-0.39, 0.29) is 12.5 Å². The van der Waals surface area contributed by atoms with Gasteiger partial charge in [0, 0.05) is 5.92 Å². The van der Waals surface area contributed by atoms with E-state index in [0.29, 0.717) is 5.92 Å². The van der Waals surface area contributed by atoms with Crippen molar-refractivity contribution in [3.8, 4) is 6.07 Å². The predicted molar refractivity (Wildman–Crippen MR) is 51.9 cm³/mol. The third-order valence-electron chi connectivity index (χ3n) is 2.55. The predicted octanol–water partition coefficient (Wildman–Crippen LogP) is 1.29. The minimum absolute atomic E-state index is 0.157. The molecule has 1 saturated carbocycles. The Balaban J connectivity index is 2.27. The van der Waals surface area contributed by atoms with Crippen molar-refractivity contribution in [1.29, 1.82) is 5.26 Å². The first-order valence-electron chi connectivity index (χ1n) is 4.75. The third-order valence-corrected chi connectivity index (χ3v) is 3.11. The summed E-state index contributed by atoms with van der Waals surface area (Å²) in [6.45, 7) is 0.275. The minimum Gasteiger partial charge on any atom is -0.270 e. The maximum atomic E-state index is 10.7. The smallest absolute Gasteiger partial charge is 0.264 e. The lowest BCUT2D eigenvalue weighted by Crippen LogP contribution is -2.19. The van der Waals surface area contributed by atoms with Crippen molar-refractivity contribution in [3.05, 3.63) is 0 Å². The van der Waals surface area contributed by atoms with Crippen molar-refractivity contribution in [2.45, 2.75) is 25.7 Å². The van der Waals surface area contributed by atoms with Gasteiger partial charge in [-0.25, -0.2) is 0 Å². The maximum absolute atomic E-state index is 10.7. The SMILES string of the molecule is CS(=O)(=O)OC[C@H]1CC[C@H](C#N)CC1. The van der Waals surface area contributed by atoms with E-state index in [4.69, 9.17) is 9.44 Å². The fourth-order valence-corrected chi connectivity index (χ4v) is 2.12. The van der Waals surface area contributed by atoms with E-state index in [2.05, 4.69) is 6.07 Å². The van der Waals surface area contributed by atoms with Crippen molar-refractivity contribution in [3.63, 3.8) is 0 Å². The molecule has 0 aromatic rings. The number of hydrogen-bond acceptors (Lipinski definition) is 4. The summed E-state index contributed by atoms with van der Waals surface area (Å²) in [4.78, 5) is 0. The molecule has 5 heteroatoms. The normalized spacial score (nSPS) is 28.3. The number of nitriles is 1. The molecule has 1 aliphatic carbocycles. The highest BCUT2D eigenvalue weighted by atomic mass is 32.2. The zero-order valence-corrected chi connectivity index (χ0v) is 9.09. The van der Waals surface area contributed by atoms with Gasteiger partial charge in [-0.3, -0.25) is 4.18 Å². The average Bonchev–Trinajstić information content (AvgIpc) is 2.14. The Morgan fingerprint density at radius 1 is 1.36 bits per heavy atom. The molecule has 14 heavy (non-hydrogen) atoms. The fraction of sp³-hybridized carbons (Fsp3) is 0.889. The van der Waals surface area contributed by atoms with Crippen LogP contribution in [0.5, 0.6) is 0 Å². The highest BCUT2D eigenvalue weighted by Crippen LogP contribution is 2.28. The first-order chi connectivity index (χ1) is 6.51. The number of nitrogens with zero attached hydrogens (tertiary/aromatic N) is 1. The van der Waals surface area contributed by atoms with Crippen molar-refractivity contribution < 1.29 is 12.6 Å². The van der Waals surface area contributed by atoms with E-state index < -0.39 is 10.1 Å². The van der Waals surface area contributed by atoms with Crippen LogP contribution in [0, 0.1) is 23.2 Å². The Morgan fingerprint density at radius 3 is 2.36 bits per heavy atom. The van der Waals surface area contributed by atoms with Gasteiger partial charge < -0.3 is 0 Å². The summed E-state index contributed by atoms with van der Waals surface area (Å²) in [6.07, 6.45) is 4.60. The summed E-state index contributed by atoms with van der Waals surface area (Å²) in [5.74, 6) is 0.457. The molecule has 0 aromatic carbocycles. The third kappa shape index (κ3) is 4.07. The average molecular weight is 217 g/mol. The lowest BCUT2D eigenvalue weighted by Gasteiger charge is -2.23. The Kier molecular flexibility index (Phi) is 3.90. The van der Waals surface area contributed by atoms with Crippen molar-refractivity contribution in [2.24, 2.45) is 11.8 Å². The van der Waals surface area contributed by atoms with Gasteiger partial charge in [-0.05, 0) is 31.6 Å². The second kappa shape index (κ2) is 4.76. The number of rotatable bonds is 3. The van der Waals surface area contributed by atoms with Crippen molar-refractivity contribution in [1.82, 2.24) is 0 Å². The van der Waals surface area contributed by atoms with Crippen LogP contribution >= 0.6 is 0 Å². The molecule has 0 radical (unpaired) electrons. The van der Waals surface area contributed by atoms with Crippen LogP contribution in [0.2, 0.25) is 0 Å². The zero-order chi connectivity index (χ0) is 10.6. The summed E-state index contributed by atoms with van der Waals surface area (Å²) < 4.78 is 26.2. The van der Waals surface area contributed by atoms with E-state index in [9.17, 15) is 8.42 Å². The molecule has 1 aliphatic rings. The molecule has 0 atom stereocenters. The van der Waals surface area contributed by atoms with E-state index in [1.54, 1.807) is 0 Å². The highest BCUT2D eigenvalue weighted by Gasteiger charge is 2.21. The van der Waals surface area contributed by atoms with Gasteiger partial charge >= 0.3 is 0 Å². The number of hydrogen-bond donors (Lipinski definition) is 0. The molecule has 0 bridgehead atoms. The van der Waals surface area contributed by atoms with Crippen molar-refractivity contribution in [2.75, 3.05) is 12.9 Å². The van der Waals surface area contributed by atoms with Crippen LogP contribution in [0.4, 0.5) is 0 Å². The molecule has 0 spiro atoms. The van der Waals surface area contributed by atoms with E-state index in [1.165, 1.54) is 0 Å². The molecule has 1 fully saturated rings. The van der Waals surface area contributed by atoms with Crippen LogP contribution in [0.1, 0.15) is 25.7 Å². The molecule has 0 heterocycles. The fourth-order valence-electron chi connectivity index (χ4n) is 1.68. The molecule has 80 valence electrons. The van der Waals surface area contributed by atoms with E-state index >= 15 is 0 Å². The van der Waals surface area contributed by atoms with E-state index in [1.807, 2.05) is 0 Å². The van der Waals surface area contributed by atoms with Crippen LogP contribution in [0.25, 0.3) is 0 Å². The molecule has 4 nitrogen and oxygen atoms in total. The van der Waals surface area contributed by atoms with Crippen LogP contribution < -0.4 is 0 Å². The summed E-state index contributed by atoms with van der Waals surface area (Å²) in [6, 6.07) is 2.24. The first kappa shape index (κ1) is 11.5. The second-order valence-corrected chi connectivity index (χ2v) is 5.48. The monoisotopic (exact) mass is 217 g/mol.